The first-order chi connectivity index (χ1) is 6.08. The Labute approximate surface area is 103 Å². The monoisotopic (exact) mass is 370 g/mol. The number of rotatable bonds is 3. The van der Waals surface area contributed by atoms with E-state index in [-0.39, 0.29) is 2.14 Å². The second-order valence-electron chi connectivity index (χ2n) is 2.59. The van der Waals surface area contributed by atoms with E-state index in [9.17, 15) is 0 Å². The Balaban J connectivity index is 2.29. The number of hydrogen-bond donors (Lipinski definition) is 0. The number of hydrogen-bond acceptors (Lipinski definition) is 1. The van der Waals surface area contributed by atoms with Crippen molar-refractivity contribution in [3.05, 3.63) is 35.9 Å². The fourth-order valence-corrected chi connectivity index (χ4v) is 1.34. The third-order valence-electron chi connectivity index (χ3n) is 1.38. The zero-order chi connectivity index (χ0) is 9.73. The second kappa shape index (κ2) is 5.49. The molecule has 0 aliphatic heterocycles. The van der Waals surface area contributed by atoms with Gasteiger partial charge < -0.3 is 4.74 Å². The molecule has 0 bridgehead atoms. The Bertz CT molecular complexity index is 243. The molecule has 4 heteroatoms. The van der Waals surface area contributed by atoms with Crippen LogP contribution in [0.3, 0.4) is 0 Å². The Hall–Kier alpha value is 0.620. The van der Waals surface area contributed by atoms with Crippen molar-refractivity contribution in [3.63, 3.8) is 0 Å². The van der Waals surface area contributed by atoms with Gasteiger partial charge in [0.2, 0.25) is 0 Å². The van der Waals surface area contributed by atoms with Crippen molar-refractivity contribution in [2.24, 2.45) is 0 Å². The normalized spacial score (nSPS) is 11.6. The van der Waals surface area contributed by atoms with Gasteiger partial charge in [-0.2, -0.15) is 0 Å². The molecule has 0 aliphatic rings. The first-order valence-corrected chi connectivity index (χ1v) is 6.14. The summed E-state index contributed by atoms with van der Waals surface area (Å²) in [6, 6.07) is 10.1. The quantitative estimate of drug-likeness (QED) is 0.727. The molecule has 0 saturated heterocycles. The van der Waals surface area contributed by atoms with Gasteiger partial charge in [-0.15, -0.1) is 0 Å². The minimum Gasteiger partial charge on any atom is -0.374 e. The van der Waals surface area contributed by atoms with Gasteiger partial charge >= 0.3 is 0 Å². The molecule has 13 heavy (non-hydrogen) atoms. The van der Waals surface area contributed by atoms with Crippen LogP contribution >= 0.6 is 47.8 Å². The maximum atomic E-state index is 5.44. The molecule has 1 aromatic rings. The van der Waals surface area contributed by atoms with Gasteiger partial charge in [0.05, 0.1) is 13.2 Å². The van der Waals surface area contributed by atoms with Gasteiger partial charge in [0.1, 0.15) is 0 Å². The van der Waals surface area contributed by atoms with Crippen LogP contribution in [0.1, 0.15) is 5.56 Å². The van der Waals surface area contributed by atoms with Crippen LogP contribution in [0.5, 0.6) is 0 Å². The number of ether oxygens (including phenoxy) is 1. The minimum atomic E-state index is -0.304. The molecule has 72 valence electrons. The molecular formula is C9H9Br3O. The third-order valence-corrected chi connectivity index (χ3v) is 2.06. The maximum Gasteiger partial charge on any atom is 0.158 e. The predicted molar refractivity (Wildman–Crippen MR) is 65.6 cm³/mol. The van der Waals surface area contributed by atoms with Crippen molar-refractivity contribution in [1.82, 2.24) is 0 Å². The summed E-state index contributed by atoms with van der Waals surface area (Å²) in [5.74, 6) is 0. The fourth-order valence-electron chi connectivity index (χ4n) is 0.859. The molecule has 1 nitrogen and oxygen atoms in total. The molecule has 0 unspecified atom stereocenters. The first-order valence-electron chi connectivity index (χ1n) is 3.76. The average molecular weight is 373 g/mol. The van der Waals surface area contributed by atoms with Crippen LogP contribution in [0.2, 0.25) is 0 Å². The van der Waals surface area contributed by atoms with E-state index in [1.165, 1.54) is 5.56 Å². The van der Waals surface area contributed by atoms with Crippen LogP contribution in [-0.2, 0) is 11.3 Å². The summed E-state index contributed by atoms with van der Waals surface area (Å²) in [4.78, 5) is 0. The molecule has 0 atom stereocenters. The Morgan fingerprint density at radius 3 is 2.23 bits per heavy atom. The molecule has 0 heterocycles. The molecule has 0 N–H and O–H groups in total. The van der Waals surface area contributed by atoms with Crippen molar-refractivity contribution in [1.29, 1.82) is 0 Å². The van der Waals surface area contributed by atoms with Crippen molar-refractivity contribution < 1.29 is 4.74 Å². The van der Waals surface area contributed by atoms with Gasteiger partial charge in [-0.05, 0) is 5.56 Å². The largest absolute Gasteiger partial charge is 0.374 e. The van der Waals surface area contributed by atoms with E-state index in [0.29, 0.717) is 13.2 Å². The summed E-state index contributed by atoms with van der Waals surface area (Å²) >= 11 is 10.1. The summed E-state index contributed by atoms with van der Waals surface area (Å²) in [5, 5.41) is 0. The van der Waals surface area contributed by atoms with Crippen molar-refractivity contribution in [2.75, 3.05) is 6.61 Å². The molecule has 0 fully saturated rings. The molecule has 0 radical (unpaired) electrons. The van der Waals surface area contributed by atoms with Gasteiger partial charge in [0, 0.05) is 0 Å². The highest BCUT2D eigenvalue weighted by atomic mass is 80.0. The molecule has 1 rings (SSSR count). The summed E-state index contributed by atoms with van der Waals surface area (Å²) in [5.41, 5.74) is 1.18. The number of halogens is 3. The van der Waals surface area contributed by atoms with E-state index in [1.54, 1.807) is 0 Å². The van der Waals surface area contributed by atoms with E-state index in [4.69, 9.17) is 4.74 Å². The Kier molecular flexibility index (Phi) is 4.94. The molecule has 0 amide bonds. The first kappa shape index (κ1) is 11.7. The van der Waals surface area contributed by atoms with Gasteiger partial charge in [-0.1, -0.05) is 78.1 Å². The zero-order valence-electron chi connectivity index (χ0n) is 6.84. The lowest BCUT2D eigenvalue weighted by Gasteiger charge is -2.12. The van der Waals surface area contributed by atoms with Gasteiger partial charge in [-0.3, -0.25) is 0 Å². The Morgan fingerprint density at radius 2 is 1.69 bits per heavy atom. The summed E-state index contributed by atoms with van der Waals surface area (Å²) < 4.78 is 5.14. The lowest BCUT2D eigenvalue weighted by atomic mass is 10.2. The van der Waals surface area contributed by atoms with E-state index in [1.807, 2.05) is 30.3 Å². The van der Waals surface area contributed by atoms with Crippen LogP contribution in [0.15, 0.2) is 30.3 Å². The standard InChI is InChI=1S/C9H9Br3O/c10-9(11,12)7-13-6-8-4-2-1-3-5-8/h1-5H,6-7H2. The molecule has 0 saturated carbocycles. The second-order valence-corrected chi connectivity index (χ2v) is 9.85. The molecule has 0 aromatic heterocycles. The highest BCUT2D eigenvalue weighted by Gasteiger charge is 2.17. The van der Waals surface area contributed by atoms with Crippen LogP contribution in [0, 0.1) is 0 Å². The Morgan fingerprint density at radius 1 is 1.08 bits per heavy atom. The topological polar surface area (TPSA) is 9.23 Å². The maximum absolute atomic E-state index is 5.44. The summed E-state index contributed by atoms with van der Waals surface area (Å²) in [6.45, 7) is 1.19. The lowest BCUT2D eigenvalue weighted by Crippen LogP contribution is -2.10. The van der Waals surface area contributed by atoms with E-state index in [2.05, 4.69) is 47.8 Å². The van der Waals surface area contributed by atoms with Crippen LogP contribution in [-0.4, -0.2) is 8.75 Å². The minimum absolute atomic E-state index is 0.304. The van der Waals surface area contributed by atoms with Gasteiger partial charge in [0.25, 0.3) is 0 Å². The van der Waals surface area contributed by atoms with Crippen molar-refractivity contribution >= 4 is 47.8 Å². The molecule has 1 aromatic carbocycles. The highest BCUT2D eigenvalue weighted by molar-refractivity contribution is 9.39. The van der Waals surface area contributed by atoms with Gasteiger partial charge in [0.15, 0.2) is 2.14 Å². The number of benzene rings is 1. The van der Waals surface area contributed by atoms with Crippen LogP contribution < -0.4 is 0 Å². The highest BCUT2D eigenvalue weighted by Crippen LogP contribution is 2.33. The third kappa shape index (κ3) is 5.83. The molecule has 0 aliphatic carbocycles. The summed E-state index contributed by atoms with van der Waals surface area (Å²) in [7, 11) is 0. The van der Waals surface area contributed by atoms with Crippen molar-refractivity contribution in [3.8, 4) is 0 Å². The summed E-state index contributed by atoms with van der Waals surface area (Å²) in [6.07, 6.45) is 0. The molecule has 0 spiro atoms. The predicted octanol–water partition coefficient (Wildman–Crippen LogP) is 4.04. The van der Waals surface area contributed by atoms with Crippen molar-refractivity contribution in [2.45, 2.75) is 8.75 Å². The number of alkyl halides is 3. The average Bonchev–Trinajstić information content (AvgIpc) is 2.04. The lowest BCUT2D eigenvalue weighted by molar-refractivity contribution is 0.131. The molecular weight excluding hydrogens is 364 g/mol. The van der Waals surface area contributed by atoms with E-state index in [0.717, 1.165) is 0 Å². The SMILES string of the molecule is BrC(Br)(Br)COCc1ccccc1. The van der Waals surface area contributed by atoms with Gasteiger partial charge in [-0.25, -0.2) is 0 Å². The smallest absolute Gasteiger partial charge is 0.158 e. The van der Waals surface area contributed by atoms with Crippen LogP contribution in [0.4, 0.5) is 0 Å². The fraction of sp³-hybridized carbons (Fsp3) is 0.333. The van der Waals surface area contributed by atoms with E-state index < -0.39 is 0 Å². The zero-order valence-corrected chi connectivity index (χ0v) is 11.6. The van der Waals surface area contributed by atoms with E-state index >= 15 is 0 Å². The van der Waals surface area contributed by atoms with Crippen LogP contribution in [0.25, 0.3) is 0 Å².